The summed E-state index contributed by atoms with van der Waals surface area (Å²) in [5.74, 6) is 0.617. The SMILES string of the molecule is O=C1O[C@@H](CNc2ccon2)CN1c1ccc(N2C=NOCC2)cc1. The van der Waals surface area contributed by atoms with Crippen LogP contribution in [0.1, 0.15) is 0 Å². The van der Waals surface area contributed by atoms with Crippen molar-refractivity contribution in [3.05, 3.63) is 36.6 Å². The molecule has 25 heavy (non-hydrogen) atoms. The van der Waals surface area contributed by atoms with E-state index in [1.54, 1.807) is 17.3 Å². The third-order valence-corrected chi connectivity index (χ3v) is 4.00. The maximum Gasteiger partial charge on any atom is 0.414 e. The number of carbonyl (C=O) groups is 1. The summed E-state index contributed by atoms with van der Waals surface area (Å²) in [6.45, 7) is 2.24. The van der Waals surface area contributed by atoms with E-state index >= 15 is 0 Å². The summed E-state index contributed by atoms with van der Waals surface area (Å²) in [5.41, 5.74) is 1.79. The number of aromatic nitrogens is 1. The average Bonchev–Trinajstić information content (AvgIpc) is 3.30. The zero-order valence-electron chi connectivity index (χ0n) is 13.4. The molecule has 2 aliphatic rings. The summed E-state index contributed by atoms with van der Waals surface area (Å²) >= 11 is 0. The minimum Gasteiger partial charge on any atom is -0.442 e. The molecule has 0 radical (unpaired) electrons. The van der Waals surface area contributed by atoms with E-state index in [9.17, 15) is 4.79 Å². The number of anilines is 3. The molecule has 0 aliphatic carbocycles. The van der Waals surface area contributed by atoms with Gasteiger partial charge < -0.3 is 24.3 Å². The second kappa shape index (κ2) is 6.71. The molecule has 0 bridgehead atoms. The first-order chi connectivity index (χ1) is 12.3. The Kier molecular flexibility index (Phi) is 4.11. The van der Waals surface area contributed by atoms with E-state index in [0.29, 0.717) is 25.5 Å². The Balaban J connectivity index is 1.38. The number of oxime groups is 1. The van der Waals surface area contributed by atoms with Gasteiger partial charge in [0.1, 0.15) is 25.3 Å². The van der Waals surface area contributed by atoms with Crippen LogP contribution in [0.5, 0.6) is 0 Å². The van der Waals surface area contributed by atoms with Crippen LogP contribution in [0.15, 0.2) is 46.3 Å². The van der Waals surface area contributed by atoms with Gasteiger partial charge in [-0.1, -0.05) is 10.3 Å². The summed E-state index contributed by atoms with van der Waals surface area (Å²) in [6.07, 6.45) is 2.52. The second-order valence-electron chi connectivity index (χ2n) is 5.65. The number of carbonyl (C=O) groups excluding carboxylic acids is 1. The lowest BCUT2D eigenvalue weighted by molar-refractivity contribution is 0.145. The molecule has 9 nitrogen and oxygen atoms in total. The number of cyclic esters (lactones) is 1. The predicted octanol–water partition coefficient (Wildman–Crippen LogP) is 1.89. The lowest BCUT2D eigenvalue weighted by Crippen LogP contribution is -2.29. The topological polar surface area (TPSA) is 92.4 Å². The standard InChI is InChI=1S/C16H17N5O4/c22-16-21(10-14(25-16)9-17-15-5-7-24-19-15)13-3-1-12(2-4-13)20-6-8-23-18-11-20/h1-5,7,11,14H,6,8-10H2,(H,17,19)/t14-/m0/s1. The molecule has 130 valence electrons. The summed E-state index contributed by atoms with van der Waals surface area (Å²) in [7, 11) is 0. The van der Waals surface area contributed by atoms with Crippen molar-refractivity contribution in [1.29, 1.82) is 0 Å². The molecule has 1 fully saturated rings. The summed E-state index contributed by atoms with van der Waals surface area (Å²) in [6, 6.07) is 9.39. The first-order valence-corrected chi connectivity index (χ1v) is 7.94. The first-order valence-electron chi connectivity index (χ1n) is 7.94. The van der Waals surface area contributed by atoms with E-state index in [-0.39, 0.29) is 12.2 Å². The fourth-order valence-electron chi connectivity index (χ4n) is 2.72. The maximum atomic E-state index is 12.1. The molecule has 0 saturated carbocycles. The van der Waals surface area contributed by atoms with Crippen molar-refractivity contribution in [1.82, 2.24) is 5.16 Å². The third-order valence-electron chi connectivity index (χ3n) is 4.00. The number of hydrogen-bond acceptors (Lipinski definition) is 8. The normalized spacial score (nSPS) is 19.7. The van der Waals surface area contributed by atoms with E-state index in [2.05, 4.69) is 15.6 Å². The van der Waals surface area contributed by atoms with Crippen molar-refractivity contribution < 1.29 is 18.9 Å². The quantitative estimate of drug-likeness (QED) is 0.886. The molecule has 3 heterocycles. The van der Waals surface area contributed by atoms with Gasteiger partial charge >= 0.3 is 6.09 Å². The van der Waals surface area contributed by atoms with Gasteiger partial charge in [0.15, 0.2) is 5.82 Å². The highest BCUT2D eigenvalue weighted by Gasteiger charge is 2.32. The van der Waals surface area contributed by atoms with E-state index < -0.39 is 0 Å². The largest absolute Gasteiger partial charge is 0.442 e. The molecule has 1 aromatic carbocycles. The number of amides is 1. The molecule has 4 rings (SSSR count). The Morgan fingerprint density at radius 3 is 2.76 bits per heavy atom. The zero-order chi connectivity index (χ0) is 17.1. The Hall–Kier alpha value is -3.23. The van der Waals surface area contributed by atoms with Crippen molar-refractivity contribution in [2.45, 2.75) is 6.10 Å². The van der Waals surface area contributed by atoms with Gasteiger partial charge in [-0.25, -0.2) is 4.79 Å². The third kappa shape index (κ3) is 3.35. The van der Waals surface area contributed by atoms with Crippen molar-refractivity contribution >= 4 is 29.6 Å². The average molecular weight is 343 g/mol. The molecule has 1 saturated heterocycles. The van der Waals surface area contributed by atoms with E-state index in [4.69, 9.17) is 14.1 Å². The monoisotopic (exact) mass is 343 g/mol. The Bertz CT molecular complexity index is 746. The van der Waals surface area contributed by atoms with E-state index in [1.165, 1.54) is 6.26 Å². The highest BCUT2D eigenvalue weighted by atomic mass is 16.6. The molecule has 0 unspecified atom stereocenters. The highest BCUT2D eigenvalue weighted by Crippen LogP contribution is 2.25. The number of nitrogens with zero attached hydrogens (tertiary/aromatic N) is 4. The Morgan fingerprint density at radius 2 is 2.04 bits per heavy atom. The van der Waals surface area contributed by atoms with Crippen LogP contribution in [0.2, 0.25) is 0 Å². The molecular formula is C16H17N5O4. The van der Waals surface area contributed by atoms with E-state index in [0.717, 1.165) is 17.9 Å². The van der Waals surface area contributed by atoms with Crippen molar-refractivity contribution in [3.8, 4) is 0 Å². The number of rotatable bonds is 5. The Morgan fingerprint density at radius 1 is 1.20 bits per heavy atom. The van der Waals surface area contributed by atoms with Gasteiger partial charge in [0, 0.05) is 17.4 Å². The molecule has 2 aromatic rings. The van der Waals surface area contributed by atoms with Crippen molar-refractivity contribution in [2.75, 3.05) is 41.4 Å². The van der Waals surface area contributed by atoms with Gasteiger partial charge in [-0.05, 0) is 24.3 Å². The summed E-state index contributed by atoms with van der Waals surface area (Å²) < 4.78 is 10.1. The van der Waals surface area contributed by atoms with Crippen molar-refractivity contribution in [3.63, 3.8) is 0 Å². The minimum absolute atomic E-state index is 0.254. The van der Waals surface area contributed by atoms with Crippen LogP contribution in [0.25, 0.3) is 0 Å². The predicted molar refractivity (Wildman–Crippen MR) is 90.8 cm³/mol. The zero-order valence-corrected chi connectivity index (χ0v) is 13.4. The molecular weight excluding hydrogens is 326 g/mol. The van der Waals surface area contributed by atoms with Gasteiger partial charge in [-0.3, -0.25) is 4.90 Å². The number of hydrogen-bond donors (Lipinski definition) is 1. The fraction of sp³-hybridized carbons (Fsp3) is 0.312. The molecule has 1 atom stereocenters. The van der Waals surface area contributed by atoms with Crippen LogP contribution >= 0.6 is 0 Å². The number of benzene rings is 1. The van der Waals surface area contributed by atoms with Gasteiger partial charge in [-0.15, -0.1) is 0 Å². The van der Waals surface area contributed by atoms with Gasteiger partial charge in [0.05, 0.1) is 19.6 Å². The lowest BCUT2D eigenvalue weighted by atomic mass is 10.2. The van der Waals surface area contributed by atoms with Gasteiger partial charge in [0.2, 0.25) is 0 Å². The lowest BCUT2D eigenvalue weighted by Gasteiger charge is -2.22. The number of nitrogens with one attached hydrogen (secondary N) is 1. The minimum atomic E-state index is -0.354. The molecule has 1 N–H and O–H groups in total. The summed E-state index contributed by atoms with van der Waals surface area (Å²) in [5, 5.41) is 10.6. The fourth-order valence-corrected chi connectivity index (χ4v) is 2.72. The molecule has 2 aliphatic heterocycles. The van der Waals surface area contributed by atoms with Crippen LogP contribution in [0, 0.1) is 0 Å². The van der Waals surface area contributed by atoms with Crippen LogP contribution in [-0.2, 0) is 9.57 Å². The molecule has 0 spiro atoms. The highest BCUT2D eigenvalue weighted by molar-refractivity contribution is 5.90. The second-order valence-corrected chi connectivity index (χ2v) is 5.65. The van der Waals surface area contributed by atoms with Crippen LogP contribution in [0.4, 0.5) is 22.0 Å². The van der Waals surface area contributed by atoms with Crippen LogP contribution in [-0.4, -0.2) is 49.9 Å². The first kappa shape index (κ1) is 15.3. The van der Waals surface area contributed by atoms with Crippen LogP contribution < -0.4 is 15.1 Å². The Labute approximate surface area is 143 Å². The number of ether oxygens (including phenoxy) is 1. The van der Waals surface area contributed by atoms with Gasteiger partial charge in [0.25, 0.3) is 0 Å². The van der Waals surface area contributed by atoms with Gasteiger partial charge in [-0.2, -0.15) is 0 Å². The maximum absolute atomic E-state index is 12.1. The summed E-state index contributed by atoms with van der Waals surface area (Å²) in [4.78, 5) is 20.7. The van der Waals surface area contributed by atoms with Crippen molar-refractivity contribution in [2.24, 2.45) is 5.16 Å². The molecule has 1 amide bonds. The molecule has 9 heteroatoms. The van der Waals surface area contributed by atoms with E-state index in [1.807, 2.05) is 29.2 Å². The smallest absolute Gasteiger partial charge is 0.414 e. The van der Waals surface area contributed by atoms with Crippen LogP contribution in [0.3, 0.4) is 0 Å². The molecule has 1 aromatic heterocycles.